The van der Waals surface area contributed by atoms with Crippen LogP contribution < -0.4 is 9.47 Å². The first-order valence-corrected chi connectivity index (χ1v) is 7.15. The van der Waals surface area contributed by atoms with E-state index in [0.717, 1.165) is 16.9 Å². The third-order valence-corrected chi connectivity index (χ3v) is 3.39. The number of carbonyl (C=O) groups is 1. The number of nitrogens with zero attached hydrogens (tertiary/aromatic N) is 1. The van der Waals surface area contributed by atoms with Crippen LogP contribution in [0.15, 0.2) is 54.6 Å². The lowest BCUT2D eigenvalue weighted by Crippen LogP contribution is -2.02. The third kappa shape index (κ3) is 3.08. The maximum absolute atomic E-state index is 11.5. The van der Waals surface area contributed by atoms with Crippen LogP contribution in [0.5, 0.6) is 11.5 Å². The van der Waals surface area contributed by atoms with Crippen LogP contribution in [0.3, 0.4) is 0 Å². The van der Waals surface area contributed by atoms with E-state index >= 15 is 0 Å². The quantitative estimate of drug-likeness (QED) is 0.747. The van der Waals surface area contributed by atoms with Crippen molar-refractivity contribution in [3.05, 3.63) is 54.6 Å². The van der Waals surface area contributed by atoms with Crippen LogP contribution in [0.1, 0.15) is 6.92 Å². The highest BCUT2D eigenvalue weighted by atomic mass is 16.5. The number of esters is 1. The van der Waals surface area contributed by atoms with Crippen LogP contribution in [-0.2, 0) is 4.79 Å². The minimum absolute atomic E-state index is 0.390. The largest absolute Gasteiger partial charge is 0.497 e. The van der Waals surface area contributed by atoms with E-state index < -0.39 is 5.97 Å². The van der Waals surface area contributed by atoms with Gasteiger partial charge in [-0.1, -0.05) is 30.3 Å². The molecule has 0 fully saturated rings. The summed E-state index contributed by atoms with van der Waals surface area (Å²) in [6, 6.07) is 17.0. The summed E-state index contributed by atoms with van der Waals surface area (Å²) < 4.78 is 10.6. The fourth-order valence-corrected chi connectivity index (χ4v) is 2.32. The van der Waals surface area contributed by atoms with Crippen molar-refractivity contribution in [3.63, 3.8) is 0 Å². The van der Waals surface area contributed by atoms with Gasteiger partial charge in [0.1, 0.15) is 17.1 Å². The van der Waals surface area contributed by atoms with Crippen molar-refractivity contribution in [2.45, 2.75) is 6.92 Å². The van der Waals surface area contributed by atoms with Crippen LogP contribution >= 0.6 is 0 Å². The highest BCUT2D eigenvalue weighted by Crippen LogP contribution is 2.37. The van der Waals surface area contributed by atoms with Gasteiger partial charge in [0.05, 0.1) is 7.11 Å². The van der Waals surface area contributed by atoms with Gasteiger partial charge in [0.15, 0.2) is 5.75 Å². The zero-order chi connectivity index (χ0) is 16.2. The highest BCUT2D eigenvalue weighted by Gasteiger charge is 2.19. The highest BCUT2D eigenvalue weighted by molar-refractivity contribution is 5.82. The molecule has 5 nitrogen and oxygen atoms in total. The Balaban J connectivity index is 2.09. The molecule has 0 saturated carbocycles. The molecule has 0 aliphatic rings. The van der Waals surface area contributed by atoms with Gasteiger partial charge < -0.3 is 9.47 Å². The lowest BCUT2D eigenvalue weighted by Gasteiger charge is -2.06. The Morgan fingerprint density at radius 2 is 1.70 bits per heavy atom. The van der Waals surface area contributed by atoms with Crippen molar-refractivity contribution in [1.29, 1.82) is 0 Å². The lowest BCUT2D eigenvalue weighted by molar-refractivity contribution is -0.131. The van der Waals surface area contributed by atoms with E-state index in [-0.39, 0.29) is 0 Å². The molecule has 116 valence electrons. The molecule has 2 aromatic carbocycles. The average molecular weight is 308 g/mol. The predicted molar refractivity (Wildman–Crippen MR) is 87.3 cm³/mol. The van der Waals surface area contributed by atoms with Gasteiger partial charge in [-0.3, -0.25) is 9.89 Å². The second kappa shape index (κ2) is 6.36. The number of benzene rings is 2. The number of methoxy groups -OCH3 is 1. The Labute approximate surface area is 133 Å². The van der Waals surface area contributed by atoms with Gasteiger partial charge in [0.2, 0.25) is 0 Å². The molecule has 3 rings (SSSR count). The minimum Gasteiger partial charge on any atom is -0.497 e. The van der Waals surface area contributed by atoms with Crippen molar-refractivity contribution < 1.29 is 14.3 Å². The predicted octanol–water partition coefficient (Wildman–Crippen LogP) is 3.68. The maximum Gasteiger partial charge on any atom is 0.308 e. The Kier molecular flexibility index (Phi) is 4.10. The Hall–Kier alpha value is -3.08. The molecular formula is C18H16N2O3. The van der Waals surface area contributed by atoms with E-state index in [4.69, 9.17) is 9.47 Å². The number of hydrogen-bond acceptors (Lipinski definition) is 4. The molecule has 23 heavy (non-hydrogen) atoms. The van der Waals surface area contributed by atoms with Crippen LogP contribution in [0.25, 0.3) is 22.5 Å². The molecule has 5 heteroatoms. The van der Waals surface area contributed by atoms with Gasteiger partial charge in [-0.25, -0.2) is 0 Å². The molecule has 0 spiro atoms. The second-order valence-electron chi connectivity index (χ2n) is 4.96. The number of ether oxygens (including phenoxy) is 2. The first-order chi connectivity index (χ1) is 11.2. The Morgan fingerprint density at radius 1 is 1.00 bits per heavy atom. The molecule has 1 aromatic heterocycles. The average Bonchev–Trinajstić information content (AvgIpc) is 2.98. The fraction of sp³-hybridized carbons (Fsp3) is 0.111. The number of H-pyrrole nitrogens is 1. The molecule has 1 N–H and O–H groups in total. The number of aromatic amines is 1. The zero-order valence-corrected chi connectivity index (χ0v) is 12.9. The van der Waals surface area contributed by atoms with Crippen molar-refractivity contribution in [1.82, 2.24) is 10.2 Å². The van der Waals surface area contributed by atoms with Crippen molar-refractivity contribution >= 4 is 5.97 Å². The van der Waals surface area contributed by atoms with E-state index in [1.54, 1.807) is 7.11 Å². The summed E-state index contributed by atoms with van der Waals surface area (Å²) in [4.78, 5) is 11.5. The fourth-order valence-electron chi connectivity index (χ4n) is 2.32. The monoisotopic (exact) mass is 308 g/mol. The van der Waals surface area contributed by atoms with Crippen LogP contribution in [-0.4, -0.2) is 23.3 Å². The summed E-state index contributed by atoms with van der Waals surface area (Å²) in [6.07, 6.45) is 0. The van der Waals surface area contributed by atoms with Crippen LogP contribution in [0.2, 0.25) is 0 Å². The summed E-state index contributed by atoms with van der Waals surface area (Å²) in [5, 5.41) is 7.29. The van der Waals surface area contributed by atoms with Gasteiger partial charge in [0, 0.05) is 18.1 Å². The third-order valence-electron chi connectivity index (χ3n) is 3.39. The summed E-state index contributed by atoms with van der Waals surface area (Å²) >= 11 is 0. The van der Waals surface area contributed by atoms with E-state index in [1.807, 2.05) is 54.6 Å². The maximum atomic E-state index is 11.5. The Morgan fingerprint density at radius 3 is 2.30 bits per heavy atom. The van der Waals surface area contributed by atoms with E-state index in [1.165, 1.54) is 6.92 Å². The molecule has 0 unspecified atom stereocenters. The lowest BCUT2D eigenvalue weighted by atomic mass is 10.1. The number of rotatable bonds is 4. The molecule has 1 heterocycles. The Bertz CT molecular complexity index is 808. The number of carbonyl (C=O) groups excluding carboxylic acids is 1. The smallest absolute Gasteiger partial charge is 0.308 e. The topological polar surface area (TPSA) is 64.2 Å². The van der Waals surface area contributed by atoms with Crippen molar-refractivity contribution in [2.75, 3.05) is 7.11 Å². The van der Waals surface area contributed by atoms with Gasteiger partial charge in [0.25, 0.3) is 0 Å². The number of hydrogen-bond donors (Lipinski definition) is 1. The molecular weight excluding hydrogens is 292 g/mol. The molecule has 0 radical (unpaired) electrons. The van der Waals surface area contributed by atoms with Crippen molar-refractivity contribution in [3.8, 4) is 34.0 Å². The standard InChI is InChI=1S/C18H16N2O3/c1-12(21)23-18-16(13-6-4-3-5-7-13)19-20-17(18)14-8-10-15(22-2)11-9-14/h3-11H,1-2H3,(H,19,20). The summed E-state index contributed by atoms with van der Waals surface area (Å²) in [7, 11) is 1.61. The first-order valence-electron chi connectivity index (χ1n) is 7.15. The number of nitrogens with one attached hydrogen (secondary N) is 1. The molecule has 0 amide bonds. The molecule has 3 aromatic rings. The zero-order valence-electron chi connectivity index (χ0n) is 12.9. The molecule has 0 bridgehead atoms. The molecule has 0 atom stereocenters. The molecule has 0 aliphatic heterocycles. The summed E-state index contributed by atoms with van der Waals surface area (Å²) in [5.41, 5.74) is 2.99. The van der Waals surface area contributed by atoms with Crippen molar-refractivity contribution in [2.24, 2.45) is 0 Å². The van der Waals surface area contributed by atoms with E-state index in [9.17, 15) is 4.79 Å². The van der Waals surface area contributed by atoms with E-state index in [2.05, 4.69) is 10.2 Å². The molecule has 0 aliphatic carbocycles. The van der Waals surface area contributed by atoms with Gasteiger partial charge in [-0.15, -0.1) is 0 Å². The second-order valence-corrected chi connectivity index (χ2v) is 4.96. The summed E-state index contributed by atoms with van der Waals surface area (Å²) in [5.74, 6) is 0.790. The first kappa shape index (κ1) is 14.8. The number of aromatic nitrogens is 2. The van der Waals surface area contributed by atoms with Gasteiger partial charge >= 0.3 is 5.97 Å². The van der Waals surface area contributed by atoms with E-state index in [0.29, 0.717) is 17.1 Å². The van der Waals surface area contributed by atoms with Crippen LogP contribution in [0, 0.1) is 0 Å². The SMILES string of the molecule is COc1ccc(-c2[nH]nc(-c3ccccc3)c2OC(C)=O)cc1. The minimum atomic E-state index is -0.390. The molecule has 0 saturated heterocycles. The van der Waals surface area contributed by atoms with Crippen LogP contribution in [0.4, 0.5) is 0 Å². The van der Waals surface area contributed by atoms with Gasteiger partial charge in [-0.2, -0.15) is 5.10 Å². The van der Waals surface area contributed by atoms with Gasteiger partial charge in [-0.05, 0) is 24.3 Å². The normalized spacial score (nSPS) is 10.3. The summed E-state index contributed by atoms with van der Waals surface area (Å²) in [6.45, 7) is 1.37.